The molecule has 0 amide bonds. The minimum Gasteiger partial charge on any atom is -0.325 e. The molecule has 0 radical (unpaired) electrons. The molecule has 3 nitrogen and oxygen atoms in total. The monoisotopic (exact) mass is 305 g/mol. The first-order valence-electron chi connectivity index (χ1n) is 6.68. The SMILES string of the molecule is Brc1ccc2c(c1)nc(CC1CNC1)n2C1CC1. The van der Waals surface area contributed by atoms with Crippen molar-refractivity contribution < 1.29 is 0 Å². The predicted octanol–water partition coefficient (Wildman–Crippen LogP) is 2.90. The number of halogens is 1. The van der Waals surface area contributed by atoms with Crippen molar-refractivity contribution in [1.29, 1.82) is 0 Å². The Labute approximate surface area is 115 Å². The van der Waals surface area contributed by atoms with Gasteiger partial charge in [0.25, 0.3) is 0 Å². The molecule has 1 aromatic carbocycles. The van der Waals surface area contributed by atoms with Crippen molar-refractivity contribution in [2.45, 2.75) is 25.3 Å². The summed E-state index contributed by atoms with van der Waals surface area (Å²) in [6.07, 6.45) is 3.75. The van der Waals surface area contributed by atoms with Crippen LogP contribution in [0.25, 0.3) is 11.0 Å². The molecule has 0 bridgehead atoms. The van der Waals surface area contributed by atoms with Crippen molar-refractivity contribution in [2.75, 3.05) is 13.1 Å². The van der Waals surface area contributed by atoms with Gasteiger partial charge in [-0.05, 0) is 50.0 Å². The smallest absolute Gasteiger partial charge is 0.110 e. The van der Waals surface area contributed by atoms with Crippen LogP contribution in [0.5, 0.6) is 0 Å². The van der Waals surface area contributed by atoms with Crippen LogP contribution in [0.3, 0.4) is 0 Å². The molecule has 0 atom stereocenters. The molecule has 1 aliphatic carbocycles. The van der Waals surface area contributed by atoms with E-state index in [9.17, 15) is 0 Å². The van der Waals surface area contributed by atoms with Crippen molar-refractivity contribution in [3.05, 3.63) is 28.5 Å². The number of imidazole rings is 1. The highest BCUT2D eigenvalue weighted by molar-refractivity contribution is 9.10. The van der Waals surface area contributed by atoms with Crippen molar-refractivity contribution >= 4 is 27.0 Å². The fourth-order valence-corrected chi connectivity index (χ4v) is 3.11. The molecule has 2 aromatic rings. The number of benzene rings is 1. The minimum atomic E-state index is 0.708. The van der Waals surface area contributed by atoms with Gasteiger partial charge in [0.1, 0.15) is 5.82 Å². The molecule has 1 aliphatic heterocycles. The molecule has 0 spiro atoms. The summed E-state index contributed by atoms with van der Waals surface area (Å²) in [5, 5.41) is 3.34. The molecule has 1 N–H and O–H groups in total. The van der Waals surface area contributed by atoms with Crippen molar-refractivity contribution in [1.82, 2.24) is 14.9 Å². The minimum absolute atomic E-state index is 0.708. The summed E-state index contributed by atoms with van der Waals surface area (Å²) in [7, 11) is 0. The summed E-state index contributed by atoms with van der Waals surface area (Å²) in [4.78, 5) is 4.86. The van der Waals surface area contributed by atoms with E-state index in [2.05, 4.69) is 44.0 Å². The second-order valence-electron chi connectivity index (χ2n) is 5.49. The van der Waals surface area contributed by atoms with E-state index in [1.54, 1.807) is 0 Å². The van der Waals surface area contributed by atoms with E-state index < -0.39 is 0 Å². The topological polar surface area (TPSA) is 29.9 Å². The Morgan fingerprint density at radius 2 is 2.17 bits per heavy atom. The van der Waals surface area contributed by atoms with Crippen LogP contribution in [0.15, 0.2) is 22.7 Å². The molecule has 4 rings (SSSR count). The van der Waals surface area contributed by atoms with Gasteiger partial charge in [0.2, 0.25) is 0 Å². The van der Waals surface area contributed by atoms with E-state index in [1.807, 2.05) is 0 Å². The van der Waals surface area contributed by atoms with Crippen LogP contribution in [0.2, 0.25) is 0 Å². The molecule has 2 heterocycles. The van der Waals surface area contributed by atoms with Crippen LogP contribution in [0, 0.1) is 5.92 Å². The Morgan fingerprint density at radius 3 is 2.83 bits per heavy atom. The van der Waals surface area contributed by atoms with E-state index in [0.29, 0.717) is 6.04 Å². The van der Waals surface area contributed by atoms with E-state index >= 15 is 0 Å². The van der Waals surface area contributed by atoms with Gasteiger partial charge in [-0.15, -0.1) is 0 Å². The zero-order chi connectivity index (χ0) is 12.1. The van der Waals surface area contributed by atoms with E-state index in [-0.39, 0.29) is 0 Å². The Kier molecular flexibility index (Phi) is 2.49. The fourth-order valence-electron chi connectivity index (χ4n) is 2.76. The lowest BCUT2D eigenvalue weighted by atomic mass is 9.99. The van der Waals surface area contributed by atoms with E-state index in [0.717, 1.165) is 35.4 Å². The Bertz CT molecular complexity index is 596. The van der Waals surface area contributed by atoms with Crippen molar-refractivity contribution in [2.24, 2.45) is 5.92 Å². The number of nitrogens with zero attached hydrogens (tertiary/aromatic N) is 2. The van der Waals surface area contributed by atoms with Crippen molar-refractivity contribution in [3.8, 4) is 0 Å². The van der Waals surface area contributed by atoms with Crippen LogP contribution in [0.4, 0.5) is 0 Å². The van der Waals surface area contributed by atoms with Gasteiger partial charge in [-0.1, -0.05) is 15.9 Å². The largest absolute Gasteiger partial charge is 0.325 e. The summed E-state index contributed by atoms with van der Waals surface area (Å²) >= 11 is 3.54. The second-order valence-corrected chi connectivity index (χ2v) is 6.41. The average Bonchev–Trinajstić information content (AvgIpc) is 3.06. The lowest BCUT2D eigenvalue weighted by molar-refractivity contribution is 0.337. The maximum Gasteiger partial charge on any atom is 0.110 e. The predicted molar refractivity (Wildman–Crippen MR) is 75.8 cm³/mol. The lowest BCUT2D eigenvalue weighted by Gasteiger charge is -2.26. The number of fused-ring (bicyclic) bond motifs is 1. The Balaban J connectivity index is 1.81. The van der Waals surface area contributed by atoms with Gasteiger partial charge in [0.05, 0.1) is 11.0 Å². The highest BCUT2D eigenvalue weighted by atomic mass is 79.9. The summed E-state index contributed by atoms with van der Waals surface area (Å²) in [5.41, 5.74) is 2.45. The van der Waals surface area contributed by atoms with Gasteiger partial charge in [0, 0.05) is 16.9 Å². The summed E-state index contributed by atoms with van der Waals surface area (Å²) in [6, 6.07) is 7.17. The van der Waals surface area contributed by atoms with Crippen LogP contribution in [0.1, 0.15) is 24.7 Å². The standard InChI is InChI=1S/C14H16BrN3/c15-10-1-4-13-12(6-10)17-14(5-9-7-16-8-9)18(13)11-2-3-11/h1,4,6,9,11,16H,2-3,5,7-8H2. The third-order valence-corrected chi connectivity index (χ3v) is 4.47. The first kappa shape index (κ1) is 11.0. The molecule has 2 aliphatic rings. The molecule has 4 heteroatoms. The lowest BCUT2D eigenvalue weighted by Crippen LogP contribution is -2.43. The third kappa shape index (κ3) is 1.79. The molecule has 2 fully saturated rings. The normalized spacial score (nSPS) is 20.3. The molecular weight excluding hydrogens is 290 g/mol. The third-order valence-electron chi connectivity index (χ3n) is 3.97. The van der Waals surface area contributed by atoms with Gasteiger partial charge in [-0.2, -0.15) is 0 Å². The number of aromatic nitrogens is 2. The van der Waals surface area contributed by atoms with Crippen LogP contribution < -0.4 is 5.32 Å². The zero-order valence-corrected chi connectivity index (χ0v) is 11.8. The summed E-state index contributed by atoms with van der Waals surface area (Å²) in [6.45, 7) is 2.30. The van der Waals surface area contributed by atoms with E-state index in [1.165, 1.54) is 24.2 Å². The quantitative estimate of drug-likeness (QED) is 0.945. The van der Waals surface area contributed by atoms with E-state index in [4.69, 9.17) is 4.98 Å². The van der Waals surface area contributed by atoms with Gasteiger partial charge < -0.3 is 9.88 Å². The average molecular weight is 306 g/mol. The fraction of sp³-hybridized carbons (Fsp3) is 0.500. The Morgan fingerprint density at radius 1 is 1.33 bits per heavy atom. The molecule has 18 heavy (non-hydrogen) atoms. The van der Waals surface area contributed by atoms with Crippen LogP contribution in [-0.2, 0) is 6.42 Å². The van der Waals surface area contributed by atoms with Crippen molar-refractivity contribution in [3.63, 3.8) is 0 Å². The maximum atomic E-state index is 4.86. The molecule has 0 unspecified atom stereocenters. The maximum absolute atomic E-state index is 4.86. The molecule has 1 saturated carbocycles. The van der Waals surface area contributed by atoms with Gasteiger partial charge in [-0.25, -0.2) is 4.98 Å². The molecule has 1 aromatic heterocycles. The number of hydrogen-bond donors (Lipinski definition) is 1. The molecule has 94 valence electrons. The Hall–Kier alpha value is -0.870. The van der Waals surface area contributed by atoms with Gasteiger partial charge >= 0.3 is 0 Å². The van der Waals surface area contributed by atoms with Crippen LogP contribution >= 0.6 is 15.9 Å². The number of hydrogen-bond acceptors (Lipinski definition) is 2. The molecular formula is C14H16BrN3. The summed E-state index contributed by atoms with van der Waals surface area (Å²) < 4.78 is 3.60. The van der Waals surface area contributed by atoms with Crippen LogP contribution in [-0.4, -0.2) is 22.6 Å². The second kappa shape index (κ2) is 4.07. The number of rotatable bonds is 3. The molecule has 1 saturated heterocycles. The first-order valence-corrected chi connectivity index (χ1v) is 7.47. The number of nitrogens with one attached hydrogen (secondary N) is 1. The summed E-state index contributed by atoms with van der Waals surface area (Å²) in [5.74, 6) is 2.07. The zero-order valence-electron chi connectivity index (χ0n) is 10.2. The first-order chi connectivity index (χ1) is 8.81. The van der Waals surface area contributed by atoms with Gasteiger partial charge in [0.15, 0.2) is 0 Å². The van der Waals surface area contributed by atoms with Gasteiger partial charge in [-0.3, -0.25) is 0 Å². The highest BCUT2D eigenvalue weighted by Crippen LogP contribution is 2.39. The highest BCUT2D eigenvalue weighted by Gasteiger charge is 2.29.